The first-order chi connectivity index (χ1) is 18.1. The van der Waals surface area contributed by atoms with E-state index in [1.807, 2.05) is 0 Å². The standard InChI is InChI=1S/C33H59NO3/c1-5-20-35-25-31(34(3)4)26-36-21-11-9-7-8-10-12-22-37-32-19-18-28-23-30(17-16-29(28)24-32)33-15-13-14-27(33)6-2/h5,16,27-28,30-33H,1,6-15,17-26H2,2-4H3. The summed E-state index contributed by atoms with van der Waals surface area (Å²) in [6.07, 6.45) is 25.1. The van der Waals surface area contributed by atoms with Crippen LogP contribution in [0.15, 0.2) is 24.3 Å². The molecule has 0 bridgehead atoms. The van der Waals surface area contributed by atoms with Crippen molar-refractivity contribution in [1.29, 1.82) is 0 Å². The number of nitrogens with zero attached hydrogens (tertiary/aromatic N) is 1. The minimum atomic E-state index is 0.312. The Kier molecular flexibility index (Phi) is 14.9. The fourth-order valence-electron chi connectivity index (χ4n) is 7.19. The molecule has 3 rings (SSSR count). The van der Waals surface area contributed by atoms with E-state index in [2.05, 4.69) is 38.6 Å². The van der Waals surface area contributed by atoms with Crippen LogP contribution in [0, 0.1) is 23.7 Å². The van der Waals surface area contributed by atoms with E-state index in [-0.39, 0.29) is 0 Å². The van der Waals surface area contributed by atoms with E-state index < -0.39 is 0 Å². The molecule has 3 aliphatic rings. The second-order valence-electron chi connectivity index (χ2n) is 12.4. The monoisotopic (exact) mass is 517 g/mol. The van der Waals surface area contributed by atoms with Gasteiger partial charge in [0.15, 0.2) is 0 Å². The zero-order chi connectivity index (χ0) is 26.3. The van der Waals surface area contributed by atoms with Crippen molar-refractivity contribution in [2.24, 2.45) is 23.7 Å². The summed E-state index contributed by atoms with van der Waals surface area (Å²) in [5.74, 6) is 3.89. The Morgan fingerprint density at radius 3 is 2.49 bits per heavy atom. The molecule has 0 aliphatic heterocycles. The van der Waals surface area contributed by atoms with Gasteiger partial charge in [0.05, 0.1) is 32.0 Å². The van der Waals surface area contributed by atoms with Crippen LogP contribution in [0.5, 0.6) is 0 Å². The number of hydrogen-bond acceptors (Lipinski definition) is 4. The summed E-state index contributed by atoms with van der Waals surface area (Å²) in [4.78, 5) is 2.18. The molecule has 2 fully saturated rings. The molecule has 2 saturated carbocycles. The highest BCUT2D eigenvalue weighted by molar-refractivity contribution is 5.15. The highest BCUT2D eigenvalue weighted by Gasteiger charge is 2.37. The summed E-state index contributed by atoms with van der Waals surface area (Å²) in [6, 6.07) is 0.312. The highest BCUT2D eigenvalue weighted by Crippen LogP contribution is 2.48. The summed E-state index contributed by atoms with van der Waals surface area (Å²) in [5.41, 5.74) is 1.75. The van der Waals surface area contributed by atoms with E-state index in [0.29, 0.717) is 25.4 Å². The summed E-state index contributed by atoms with van der Waals surface area (Å²) < 4.78 is 17.8. The summed E-state index contributed by atoms with van der Waals surface area (Å²) in [6.45, 7) is 9.96. The van der Waals surface area contributed by atoms with Crippen LogP contribution in [-0.2, 0) is 14.2 Å². The van der Waals surface area contributed by atoms with Crippen molar-refractivity contribution in [2.75, 3.05) is 47.1 Å². The Balaban J connectivity index is 1.16. The molecule has 37 heavy (non-hydrogen) atoms. The predicted octanol–water partition coefficient (Wildman–Crippen LogP) is 7.82. The average Bonchev–Trinajstić information content (AvgIpc) is 3.39. The van der Waals surface area contributed by atoms with E-state index >= 15 is 0 Å². The molecular formula is C33H59NO3. The van der Waals surface area contributed by atoms with Gasteiger partial charge >= 0.3 is 0 Å². The van der Waals surface area contributed by atoms with E-state index in [4.69, 9.17) is 14.2 Å². The van der Waals surface area contributed by atoms with Gasteiger partial charge in [-0.1, -0.05) is 69.6 Å². The third-order valence-corrected chi connectivity index (χ3v) is 9.57. The predicted molar refractivity (Wildman–Crippen MR) is 156 cm³/mol. The quantitative estimate of drug-likeness (QED) is 0.129. The smallest absolute Gasteiger partial charge is 0.0648 e. The van der Waals surface area contributed by atoms with Crippen molar-refractivity contribution in [2.45, 2.75) is 115 Å². The van der Waals surface area contributed by atoms with Crippen LogP contribution in [0.2, 0.25) is 0 Å². The minimum absolute atomic E-state index is 0.312. The first-order valence-electron chi connectivity index (χ1n) is 15.9. The lowest BCUT2D eigenvalue weighted by atomic mass is 9.68. The van der Waals surface area contributed by atoms with Gasteiger partial charge in [-0.2, -0.15) is 0 Å². The lowest BCUT2D eigenvalue weighted by Gasteiger charge is -2.39. The average molecular weight is 518 g/mol. The lowest BCUT2D eigenvalue weighted by molar-refractivity contribution is 0.0258. The van der Waals surface area contributed by atoms with Gasteiger partial charge in [0.25, 0.3) is 0 Å². The van der Waals surface area contributed by atoms with Gasteiger partial charge in [-0.3, -0.25) is 0 Å². The van der Waals surface area contributed by atoms with Crippen LogP contribution in [0.1, 0.15) is 103 Å². The number of ether oxygens (including phenoxy) is 3. The van der Waals surface area contributed by atoms with E-state index in [1.165, 1.54) is 89.9 Å². The number of rotatable bonds is 19. The Labute approximate surface area is 229 Å². The second-order valence-corrected chi connectivity index (χ2v) is 12.4. The van der Waals surface area contributed by atoms with E-state index in [0.717, 1.165) is 49.9 Å². The lowest BCUT2D eigenvalue weighted by Crippen LogP contribution is -2.36. The van der Waals surface area contributed by atoms with Gasteiger partial charge < -0.3 is 19.1 Å². The van der Waals surface area contributed by atoms with Gasteiger partial charge in [0.1, 0.15) is 0 Å². The molecule has 0 amide bonds. The van der Waals surface area contributed by atoms with Crippen molar-refractivity contribution in [1.82, 2.24) is 4.90 Å². The normalized spacial score (nSPS) is 28.8. The number of unbranched alkanes of at least 4 members (excludes halogenated alkanes) is 5. The van der Waals surface area contributed by atoms with Crippen molar-refractivity contribution < 1.29 is 14.2 Å². The molecule has 6 atom stereocenters. The molecule has 4 nitrogen and oxygen atoms in total. The Hall–Kier alpha value is -0.680. The molecule has 0 N–H and O–H groups in total. The fourth-order valence-corrected chi connectivity index (χ4v) is 7.19. The third kappa shape index (κ3) is 10.8. The van der Waals surface area contributed by atoms with Gasteiger partial charge in [-0.25, -0.2) is 0 Å². The van der Waals surface area contributed by atoms with Crippen molar-refractivity contribution >= 4 is 0 Å². The molecule has 3 aliphatic carbocycles. The molecule has 0 aromatic heterocycles. The number of likely N-dealkylation sites (N-methyl/N-ethyl adjacent to an activating group) is 1. The number of allylic oxidation sites excluding steroid dienone is 1. The van der Waals surface area contributed by atoms with Crippen molar-refractivity contribution in [3.63, 3.8) is 0 Å². The molecule has 0 aromatic rings. The maximum Gasteiger partial charge on any atom is 0.0648 e. The molecule has 0 saturated heterocycles. The van der Waals surface area contributed by atoms with Crippen LogP contribution in [0.4, 0.5) is 0 Å². The maximum atomic E-state index is 6.35. The molecule has 0 spiro atoms. The summed E-state index contributed by atoms with van der Waals surface area (Å²) in [7, 11) is 4.17. The minimum Gasteiger partial charge on any atom is -0.380 e. The summed E-state index contributed by atoms with van der Waals surface area (Å²) >= 11 is 0. The maximum absolute atomic E-state index is 6.35. The molecule has 6 unspecified atom stereocenters. The highest BCUT2D eigenvalue weighted by atomic mass is 16.5. The van der Waals surface area contributed by atoms with Crippen LogP contribution >= 0.6 is 0 Å². The number of hydrogen-bond donors (Lipinski definition) is 0. The first-order valence-corrected chi connectivity index (χ1v) is 15.9. The molecule has 0 heterocycles. The summed E-state index contributed by atoms with van der Waals surface area (Å²) in [5, 5.41) is 0. The first kappa shape index (κ1) is 30.9. The van der Waals surface area contributed by atoms with Gasteiger partial charge in [-0.05, 0) is 89.1 Å². The van der Waals surface area contributed by atoms with Crippen molar-refractivity contribution in [3.05, 3.63) is 24.3 Å². The van der Waals surface area contributed by atoms with Crippen LogP contribution in [0.25, 0.3) is 0 Å². The molecule has 0 radical (unpaired) electrons. The van der Waals surface area contributed by atoms with E-state index in [1.54, 1.807) is 11.6 Å². The number of fused-ring (bicyclic) bond motifs is 1. The Morgan fingerprint density at radius 2 is 1.73 bits per heavy atom. The zero-order valence-electron chi connectivity index (χ0n) is 24.6. The SMILES string of the molecule is C=CCOCC(COCCCCCCCCOC1CCC2CC(C3CCCC3CC)CC=C2C1)N(C)C. The Morgan fingerprint density at radius 1 is 0.973 bits per heavy atom. The molecule has 0 aromatic carbocycles. The van der Waals surface area contributed by atoms with Gasteiger partial charge in [-0.15, -0.1) is 6.58 Å². The third-order valence-electron chi connectivity index (χ3n) is 9.57. The zero-order valence-corrected chi connectivity index (χ0v) is 24.6. The second kappa shape index (κ2) is 17.8. The van der Waals surface area contributed by atoms with E-state index in [9.17, 15) is 0 Å². The van der Waals surface area contributed by atoms with Gasteiger partial charge in [0, 0.05) is 13.2 Å². The molecular weight excluding hydrogens is 458 g/mol. The van der Waals surface area contributed by atoms with Crippen LogP contribution in [0.3, 0.4) is 0 Å². The molecule has 214 valence electrons. The van der Waals surface area contributed by atoms with Crippen molar-refractivity contribution in [3.8, 4) is 0 Å². The molecule has 4 heteroatoms. The Bertz CT molecular complexity index is 647. The van der Waals surface area contributed by atoms with Gasteiger partial charge in [0.2, 0.25) is 0 Å². The van der Waals surface area contributed by atoms with Crippen LogP contribution < -0.4 is 0 Å². The largest absolute Gasteiger partial charge is 0.380 e. The van der Waals surface area contributed by atoms with Crippen LogP contribution in [-0.4, -0.2) is 64.2 Å². The topological polar surface area (TPSA) is 30.9 Å². The fraction of sp³-hybridized carbons (Fsp3) is 0.879.